The third-order valence-corrected chi connectivity index (χ3v) is 3.63. The Morgan fingerprint density at radius 3 is 2.33 bits per heavy atom. The molecule has 0 fully saturated rings. The minimum atomic E-state index is 0.172. The summed E-state index contributed by atoms with van der Waals surface area (Å²) in [6, 6.07) is 4.23. The van der Waals surface area contributed by atoms with Gasteiger partial charge in [-0.25, -0.2) is 0 Å². The van der Waals surface area contributed by atoms with Crippen molar-refractivity contribution in [1.29, 1.82) is 0 Å². The predicted molar refractivity (Wildman–Crippen MR) is 84.2 cm³/mol. The first-order valence-electron chi connectivity index (χ1n) is 6.39. The summed E-state index contributed by atoms with van der Waals surface area (Å²) in [7, 11) is 0. The Balaban J connectivity index is 2.67. The maximum absolute atomic E-state index is 5.76. The zero-order chi connectivity index (χ0) is 13.5. The fourth-order valence-electron chi connectivity index (χ4n) is 1.60. The maximum atomic E-state index is 5.76. The molecule has 18 heavy (non-hydrogen) atoms. The smallest absolute Gasteiger partial charge is 0.148 e. The first-order chi connectivity index (χ1) is 8.54. The molecule has 102 valence electrons. The Labute approximate surface area is 127 Å². The van der Waals surface area contributed by atoms with Crippen LogP contribution in [0.1, 0.15) is 39.2 Å². The Morgan fingerprint density at radius 1 is 1.22 bits per heavy atom. The second-order valence-corrected chi connectivity index (χ2v) is 6.29. The number of unbranched alkanes of at least 4 members (excludes halogenated alkanes) is 1. The Morgan fingerprint density at radius 2 is 1.83 bits per heavy atom. The summed E-state index contributed by atoms with van der Waals surface area (Å²) >= 11 is 7.13. The van der Waals surface area contributed by atoms with E-state index < -0.39 is 0 Å². The molecule has 1 aromatic carbocycles. The van der Waals surface area contributed by atoms with Crippen LogP contribution >= 0.6 is 31.9 Å². The van der Waals surface area contributed by atoms with Crippen LogP contribution in [-0.2, 0) is 6.54 Å². The van der Waals surface area contributed by atoms with Crippen molar-refractivity contribution in [2.24, 2.45) is 0 Å². The van der Waals surface area contributed by atoms with Gasteiger partial charge in [-0.3, -0.25) is 0 Å². The van der Waals surface area contributed by atoms with Crippen LogP contribution in [-0.4, -0.2) is 12.6 Å². The number of hydrogen-bond donors (Lipinski definition) is 1. The van der Waals surface area contributed by atoms with Crippen LogP contribution < -0.4 is 10.1 Å². The lowest BCUT2D eigenvalue weighted by Gasteiger charge is -2.15. The standard InChI is InChI=1S/C14H21Br2NO/c1-4-5-6-17-9-11-7-12(15)14(13(16)8-11)18-10(2)3/h7-8,10,17H,4-6,9H2,1-3H3. The largest absolute Gasteiger partial charge is 0.489 e. The summed E-state index contributed by atoms with van der Waals surface area (Å²) in [5.74, 6) is 0.877. The highest BCUT2D eigenvalue weighted by atomic mass is 79.9. The van der Waals surface area contributed by atoms with Crippen molar-refractivity contribution in [2.45, 2.75) is 46.3 Å². The van der Waals surface area contributed by atoms with E-state index in [-0.39, 0.29) is 6.10 Å². The van der Waals surface area contributed by atoms with Gasteiger partial charge >= 0.3 is 0 Å². The Hall–Kier alpha value is -0.0600. The van der Waals surface area contributed by atoms with Crippen LogP contribution in [0.3, 0.4) is 0 Å². The molecule has 0 bridgehead atoms. The van der Waals surface area contributed by atoms with Gasteiger partial charge in [0.05, 0.1) is 15.0 Å². The SMILES string of the molecule is CCCCNCc1cc(Br)c(OC(C)C)c(Br)c1. The molecule has 0 amide bonds. The molecular weight excluding hydrogens is 358 g/mol. The van der Waals surface area contributed by atoms with Gasteiger partial charge in [0.15, 0.2) is 0 Å². The van der Waals surface area contributed by atoms with Crippen LogP contribution in [0.5, 0.6) is 5.75 Å². The molecule has 1 rings (SSSR count). The first-order valence-corrected chi connectivity index (χ1v) is 7.98. The van der Waals surface area contributed by atoms with E-state index >= 15 is 0 Å². The van der Waals surface area contributed by atoms with Crippen molar-refractivity contribution in [3.63, 3.8) is 0 Å². The van der Waals surface area contributed by atoms with E-state index in [9.17, 15) is 0 Å². The van der Waals surface area contributed by atoms with Crippen LogP contribution in [0.15, 0.2) is 21.1 Å². The zero-order valence-corrected chi connectivity index (χ0v) is 14.4. The lowest BCUT2D eigenvalue weighted by Crippen LogP contribution is -2.14. The maximum Gasteiger partial charge on any atom is 0.148 e. The quantitative estimate of drug-likeness (QED) is 0.682. The molecule has 0 spiro atoms. The summed E-state index contributed by atoms with van der Waals surface area (Å²) in [4.78, 5) is 0. The third-order valence-electron chi connectivity index (χ3n) is 2.45. The van der Waals surface area contributed by atoms with E-state index in [0.717, 1.165) is 27.8 Å². The van der Waals surface area contributed by atoms with Gasteiger partial charge in [-0.15, -0.1) is 0 Å². The first kappa shape index (κ1) is 16.0. The van der Waals surface area contributed by atoms with Crippen LogP contribution in [0.2, 0.25) is 0 Å². The van der Waals surface area contributed by atoms with E-state index in [1.54, 1.807) is 0 Å². The van der Waals surface area contributed by atoms with Gasteiger partial charge in [0.2, 0.25) is 0 Å². The summed E-state index contributed by atoms with van der Waals surface area (Å²) in [5.41, 5.74) is 1.25. The van der Waals surface area contributed by atoms with Gasteiger partial charge in [-0.2, -0.15) is 0 Å². The highest BCUT2D eigenvalue weighted by molar-refractivity contribution is 9.11. The number of rotatable bonds is 7. The fraction of sp³-hybridized carbons (Fsp3) is 0.571. The molecule has 0 aromatic heterocycles. The van der Waals surface area contributed by atoms with Gasteiger partial charge < -0.3 is 10.1 Å². The molecule has 4 heteroatoms. The average Bonchev–Trinajstić information content (AvgIpc) is 2.29. The number of ether oxygens (including phenoxy) is 1. The van der Waals surface area contributed by atoms with E-state index in [4.69, 9.17) is 4.74 Å². The summed E-state index contributed by atoms with van der Waals surface area (Å²) in [6.45, 7) is 8.21. The van der Waals surface area contributed by atoms with Crippen molar-refractivity contribution in [3.05, 3.63) is 26.6 Å². The molecule has 0 aliphatic heterocycles. The van der Waals surface area contributed by atoms with Crippen molar-refractivity contribution < 1.29 is 4.74 Å². The Bertz CT molecular complexity index is 357. The van der Waals surface area contributed by atoms with Crippen LogP contribution in [0.25, 0.3) is 0 Å². The van der Waals surface area contributed by atoms with Crippen molar-refractivity contribution in [1.82, 2.24) is 5.32 Å². The minimum absolute atomic E-state index is 0.172. The van der Waals surface area contributed by atoms with E-state index in [2.05, 4.69) is 56.2 Å². The molecule has 0 unspecified atom stereocenters. The van der Waals surface area contributed by atoms with Crippen LogP contribution in [0, 0.1) is 0 Å². The summed E-state index contributed by atoms with van der Waals surface area (Å²) in [5, 5.41) is 3.43. The van der Waals surface area contributed by atoms with Crippen molar-refractivity contribution in [2.75, 3.05) is 6.54 Å². The fourth-order valence-corrected chi connectivity index (χ4v) is 3.07. The van der Waals surface area contributed by atoms with E-state index in [1.165, 1.54) is 18.4 Å². The van der Waals surface area contributed by atoms with Gasteiger partial charge in [0.1, 0.15) is 5.75 Å². The van der Waals surface area contributed by atoms with E-state index in [0.29, 0.717) is 0 Å². The number of nitrogens with one attached hydrogen (secondary N) is 1. The number of hydrogen-bond acceptors (Lipinski definition) is 2. The van der Waals surface area contributed by atoms with Crippen molar-refractivity contribution >= 4 is 31.9 Å². The summed E-state index contributed by atoms with van der Waals surface area (Å²) in [6.07, 6.45) is 2.62. The second-order valence-electron chi connectivity index (χ2n) is 4.59. The monoisotopic (exact) mass is 377 g/mol. The molecule has 2 nitrogen and oxygen atoms in total. The normalized spacial score (nSPS) is 11.0. The van der Waals surface area contributed by atoms with Crippen LogP contribution in [0.4, 0.5) is 0 Å². The average molecular weight is 379 g/mol. The molecule has 0 saturated carbocycles. The van der Waals surface area contributed by atoms with Gasteiger partial charge in [-0.1, -0.05) is 13.3 Å². The van der Waals surface area contributed by atoms with Gasteiger partial charge in [-0.05, 0) is 76.4 Å². The van der Waals surface area contributed by atoms with Gasteiger partial charge in [0.25, 0.3) is 0 Å². The molecule has 1 aromatic rings. The predicted octanol–water partition coefficient (Wildman–Crippen LogP) is 4.89. The molecule has 0 aliphatic carbocycles. The van der Waals surface area contributed by atoms with E-state index in [1.807, 2.05) is 13.8 Å². The minimum Gasteiger partial charge on any atom is -0.489 e. The summed E-state index contributed by atoms with van der Waals surface area (Å²) < 4.78 is 7.76. The lowest BCUT2D eigenvalue weighted by atomic mass is 10.2. The second kappa shape index (κ2) is 8.18. The van der Waals surface area contributed by atoms with Crippen molar-refractivity contribution in [3.8, 4) is 5.75 Å². The lowest BCUT2D eigenvalue weighted by molar-refractivity contribution is 0.239. The molecule has 0 heterocycles. The number of halogens is 2. The van der Waals surface area contributed by atoms with Gasteiger partial charge in [0, 0.05) is 6.54 Å². The molecule has 0 saturated heterocycles. The molecule has 0 aliphatic rings. The molecular formula is C14H21Br2NO. The number of benzene rings is 1. The highest BCUT2D eigenvalue weighted by Crippen LogP contribution is 2.35. The third kappa shape index (κ3) is 5.29. The molecule has 0 atom stereocenters. The highest BCUT2D eigenvalue weighted by Gasteiger charge is 2.10. The Kier molecular flexibility index (Phi) is 7.27. The molecule has 1 N–H and O–H groups in total. The zero-order valence-electron chi connectivity index (χ0n) is 11.2. The molecule has 0 radical (unpaired) electrons. The topological polar surface area (TPSA) is 21.3 Å².